The predicted molar refractivity (Wildman–Crippen MR) is 63.5 cm³/mol. The van der Waals surface area contributed by atoms with Crippen molar-refractivity contribution in [1.82, 2.24) is 14.8 Å². The van der Waals surface area contributed by atoms with E-state index in [4.69, 9.17) is 18.0 Å². The number of aromatic nitrogens is 3. The molecule has 7 heteroatoms. The molecule has 0 bridgehead atoms. The van der Waals surface area contributed by atoms with Crippen LogP contribution in [0.25, 0.3) is 0 Å². The van der Waals surface area contributed by atoms with E-state index in [1.807, 2.05) is 0 Å². The lowest BCUT2D eigenvalue weighted by atomic mass is 9.81. The van der Waals surface area contributed by atoms with Gasteiger partial charge in [0.1, 0.15) is 5.54 Å². The Balaban J connectivity index is 2.60. The summed E-state index contributed by atoms with van der Waals surface area (Å²) in [5, 5.41) is 4.54. The van der Waals surface area contributed by atoms with Crippen molar-refractivity contribution in [3.63, 3.8) is 0 Å². The number of aromatic amines is 2. The minimum atomic E-state index is -0.780. The van der Waals surface area contributed by atoms with Gasteiger partial charge >= 0.3 is 11.4 Å². The molecular weight excluding hydrogens is 228 g/mol. The van der Waals surface area contributed by atoms with Gasteiger partial charge in [-0.25, -0.2) is 24.4 Å². The van der Waals surface area contributed by atoms with E-state index in [1.165, 1.54) is 0 Å². The number of hydrogen-bond acceptors (Lipinski definition) is 3. The highest BCUT2D eigenvalue weighted by atomic mass is 32.1. The first-order valence-corrected chi connectivity index (χ1v) is 5.69. The lowest BCUT2D eigenvalue weighted by Gasteiger charge is -2.35. The third-order valence-electron chi connectivity index (χ3n) is 3.25. The standard InChI is InChI=1S/C9H14N4O2S/c10-6(16)9(4-2-1-3-5-9)13-7(14)11-12-8(13)15/h1-5H2,(H2,10,16)(H,11,14)(H,12,15). The number of thiocarbonyl (C=S) groups is 1. The van der Waals surface area contributed by atoms with Crippen molar-refractivity contribution < 1.29 is 0 Å². The molecule has 16 heavy (non-hydrogen) atoms. The topological polar surface area (TPSA) is 96.7 Å². The highest BCUT2D eigenvalue weighted by molar-refractivity contribution is 7.80. The second-order valence-corrected chi connectivity index (χ2v) is 4.59. The van der Waals surface area contributed by atoms with Crippen LogP contribution in [0, 0.1) is 0 Å². The zero-order valence-electron chi connectivity index (χ0n) is 8.78. The smallest absolute Gasteiger partial charge is 0.345 e. The maximum atomic E-state index is 11.6. The molecule has 0 radical (unpaired) electrons. The highest BCUT2D eigenvalue weighted by Gasteiger charge is 2.39. The molecule has 1 saturated carbocycles. The third kappa shape index (κ3) is 1.51. The van der Waals surface area contributed by atoms with Crippen molar-refractivity contribution in [3.05, 3.63) is 21.0 Å². The molecule has 4 N–H and O–H groups in total. The fourth-order valence-corrected chi connectivity index (χ4v) is 2.71. The van der Waals surface area contributed by atoms with Crippen LogP contribution < -0.4 is 17.1 Å². The zero-order chi connectivity index (χ0) is 11.8. The summed E-state index contributed by atoms with van der Waals surface area (Å²) < 4.78 is 1.13. The Morgan fingerprint density at radius 2 is 1.69 bits per heavy atom. The predicted octanol–water partition coefficient (Wildman–Crippen LogP) is -0.190. The number of hydrogen-bond donors (Lipinski definition) is 3. The summed E-state index contributed by atoms with van der Waals surface area (Å²) in [5.74, 6) is 0. The van der Waals surface area contributed by atoms with Crippen molar-refractivity contribution in [2.45, 2.75) is 37.6 Å². The third-order valence-corrected chi connectivity index (χ3v) is 3.63. The lowest BCUT2D eigenvalue weighted by molar-refractivity contribution is 0.271. The van der Waals surface area contributed by atoms with E-state index in [0.29, 0.717) is 12.8 Å². The lowest BCUT2D eigenvalue weighted by Crippen LogP contribution is -2.54. The average molecular weight is 242 g/mol. The van der Waals surface area contributed by atoms with Crippen molar-refractivity contribution in [3.8, 4) is 0 Å². The van der Waals surface area contributed by atoms with Crippen molar-refractivity contribution in [2.24, 2.45) is 5.73 Å². The largest absolute Gasteiger partial charge is 0.391 e. The Labute approximate surface area is 96.8 Å². The molecule has 1 aromatic heterocycles. The summed E-state index contributed by atoms with van der Waals surface area (Å²) in [5.41, 5.74) is 4.01. The van der Waals surface area contributed by atoms with Gasteiger partial charge in [-0.2, -0.15) is 0 Å². The molecule has 1 aliphatic rings. The Morgan fingerprint density at radius 1 is 1.19 bits per heavy atom. The molecule has 0 aliphatic heterocycles. The van der Waals surface area contributed by atoms with E-state index >= 15 is 0 Å². The van der Waals surface area contributed by atoms with Crippen LogP contribution >= 0.6 is 12.2 Å². The van der Waals surface area contributed by atoms with Gasteiger partial charge in [-0.1, -0.05) is 31.5 Å². The molecule has 0 atom stereocenters. The monoisotopic (exact) mass is 242 g/mol. The maximum absolute atomic E-state index is 11.6. The molecule has 88 valence electrons. The van der Waals surface area contributed by atoms with Crippen molar-refractivity contribution in [1.29, 1.82) is 0 Å². The molecular formula is C9H14N4O2S. The van der Waals surface area contributed by atoms with Gasteiger partial charge in [0.2, 0.25) is 0 Å². The van der Waals surface area contributed by atoms with Crippen molar-refractivity contribution in [2.75, 3.05) is 0 Å². The second kappa shape index (κ2) is 3.89. The molecule has 1 heterocycles. The van der Waals surface area contributed by atoms with Gasteiger partial charge in [-0.05, 0) is 12.8 Å². The van der Waals surface area contributed by atoms with Gasteiger partial charge in [0.05, 0.1) is 4.99 Å². The van der Waals surface area contributed by atoms with Crippen LogP contribution in [0.4, 0.5) is 0 Å². The summed E-state index contributed by atoms with van der Waals surface area (Å²) in [6.45, 7) is 0. The summed E-state index contributed by atoms with van der Waals surface area (Å²) in [7, 11) is 0. The highest BCUT2D eigenvalue weighted by Crippen LogP contribution is 2.33. The summed E-state index contributed by atoms with van der Waals surface area (Å²) in [6, 6.07) is 0. The SMILES string of the molecule is NC(=S)C1(n2c(=O)[nH][nH]c2=O)CCCCC1. The summed E-state index contributed by atoms with van der Waals surface area (Å²) in [6.07, 6.45) is 4.25. The Bertz CT molecular complexity index is 479. The molecule has 0 saturated heterocycles. The van der Waals surface area contributed by atoms with Crippen LogP contribution in [0.3, 0.4) is 0 Å². The van der Waals surface area contributed by atoms with Gasteiger partial charge in [-0.3, -0.25) is 0 Å². The first-order chi connectivity index (χ1) is 7.58. The average Bonchev–Trinajstić information content (AvgIpc) is 2.60. The van der Waals surface area contributed by atoms with E-state index in [-0.39, 0.29) is 4.99 Å². The molecule has 0 unspecified atom stereocenters. The second-order valence-electron chi connectivity index (χ2n) is 4.15. The maximum Gasteiger partial charge on any atom is 0.345 e. The number of rotatable bonds is 2. The van der Waals surface area contributed by atoms with Crippen LogP contribution in [0.2, 0.25) is 0 Å². The quantitative estimate of drug-likeness (QED) is 0.626. The molecule has 1 aliphatic carbocycles. The summed E-state index contributed by atoms with van der Waals surface area (Å²) in [4.78, 5) is 23.4. The Hall–Kier alpha value is -1.37. The first kappa shape index (κ1) is 11.1. The minimum Gasteiger partial charge on any atom is -0.391 e. The molecule has 2 rings (SSSR count). The van der Waals surface area contributed by atoms with E-state index in [1.54, 1.807) is 0 Å². The normalized spacial score (nSPS) is 19.5. The Kier molecular flexibility index (Phi) is 2.71. The molecule has 6 nitrogen and oxygen atoms in total. The molecule has 0 spiro atoms. The fraction of sp³-hybridized carbons (Fsp3) is 0.667. The molecule has 0 aromatic carbocycles. The van der Waals surface area contributed by atoms with Gasteiger partial charge in [-0.15, -0.1) is 0 Å². The first-order valence-electron chi connectivity index (χ1n) is 5.28. The van der Waals surface area contributed by atoms with E-state index in [0.717, 1.165) is 23.8 Å². The van der Waals surface area contributed by atoms with Crippen molar-refractivity contribution >= 4 is 17.2 Å². The van der Waals surface area contributed by atoms with Gasteiger partial charge in [0.15, 0.2) is 0 Å². The molecule has 1 fully saturated rings. The van der Waals surface area contributed by atoms with Crippen LogP contribution in [0.15, 0.2) is 9.59 Å². The van der Waals surface area contributed by atoms with Gasteiger partial charge in [0.25, 0.3) is 0 Å². The van der Waals surface area contributed by atoms with Crippen LogP contribution in [-0.2, 0) is 5.54 Å². The molecule has 0 amide bonds. The van der Waals surface area contributed by atoms with Crippen LogP contribution in [0.1, 0.15) is 32.1 Å². The zero-order valence-corrected chi connectivity index (χ0v) is 9.60. The van der Waals surface area contributed by atoms with E-state index in [9.17, 15) is 9.59 Å². The van der Waals surface area contributed by atoms with Gasteiger partial charge in [0, 0.05) is 0 Å². The number of nitrogens with one attached hydrogen (secondary N) is 2. The number of nitrogens with zero attached hydrogens (tertiary/aromatic N) is 1. The fourth-order valence-electron chi connectivity index (χ4n) is 2.42. The van der Waals surface area contributed by atoms with E-state index in [2.05, 4.69) is 10.2 Å². The molecule has 1 aromatic rings. The van der Waals surface area contributed by atoms with Crippen LogP contribution in [-0.4, -0.2) is 19.8 Å². The number of nitrogens with two attached hydrogens (primary N) is 1. The van der Waals surface area contributed by atoms with Crippen LogP contribution in [0.5, 0.6) is 0 Å². The Morgan fingerprint density at radius 3 is 2.12 bits per heavy atom. The summed E-state index contributed by atoms with van der Waals surface area (Å²) >= 11 is 5.05. The minimum absolute atomic E-state index is 0.222. The number of H-pyrrole nitrogens is 2. The van der Waals surface area contributed by atoms with E-state index < -0.39 is 16.9 Å². The van der Waals surface area contributed by atoms with Gasteiger partial charge < -0.3 is 5.73 Å².